The molecule has 1 fully saturated rings. The van der Waals surface area contributed by atoms with E-state index in [0.717, 1.165) is 36.6 Å². The second-order valence-corrected chi connectivity index (χ2v) is 6.85. The maximum absolute atomic E-state index is 12.3. The van der Waals surface area contributed by atoms with E-state index in [-0.39, 0.29) is 12.5 Å². The first-order valence-corrected chi connectivity index (χ1v) is 8.91. The minimum atomic E-state index is -0.787. The first-order valence-electron chi connectivity index (χ1n) is 8.91. The summed E-state index contributed by atoms with van der Waals surface area (Å²) in [6, 6.07) is 8.85. The van der Waals surface area contributed by atoms with Gasteiger partial charge in [0.2, 0.25) is 0 Å². The molecule has 1 aliphatic rings. The number of nitriles is 1. The number of nitrogens with one attached hydrogen (secondary N) is 1. The van der Waals surface area contributed by atoms with E-state index in [9.17, 15) is 14.9 Å². The van der Waals surface area contributed by atoms with Crippen LogP contribution in [0.3, 0.4) is 0 Å². The highest BCUT2D eigenvalue weighted by molar-refractivity contribution is 5.82. The summed E-state index contributed by atoms with van der Waals surface area (Å²) in [5.41, 5.74) is 0.0359. The van der Waals surface area contributed by atoms with Crippen molar-refractivity contribution in [2.75, 3.05) is 6.61 Å². The predicted molar refractivity (Wildman–Crippen MR) is 96.9 cm³/mol. The molecule has 136 valence electrons. The molecular weight excluding hydrogens is 332 g/mol. The number of fused-ring (bicyclic) bond motifs is 1. The minimum absolute atomic E-state index is 0.189. The van der Waals surface area contributed by atoms with Crippen LogP contribution in [0, 0.1) is 18.3 Å². The van der Waals surface area contributed by atoms with Gasteiger partial charge < -0.3 is 14.5 Å². The smallest absolute Gasteiger partial charge is 0.336 e. The van der Waals surface area contributed by atoms with Gasteiger partial charge in [-0.05, 0) is 37.5 Å². The summed E-state index contributed by atoms with van der Waals surface area (Å²) in [5, 5.41) is 13.2. The lowest BCUT2D eigenvalue weighted by Crippen LogP contribution is -2.48. The van der Waals surface area contributed by atoms with Gasteiger partial charge in [0.1, 0.15) is 16.9 Å². The van der Waals surface area contributed by atoms with E-state index in [4.69, 9.17) is 9.15 Å². The number of carbonyl (C=O) groups is 1. The second kappa shape index (κ2) is 7.61. The number of aryl methyl sites for hydroxylation is 1. The van der Waals surface area contributed by atoms with Crippen molar-refractivity contribution in [3.63, 3.8) is 0 Å². The van der Waals surface area contributed by atoms with Crippen LogP contribution in [-0.2, 0) is 4.79 Å². The van der Waals surface area contributed by atoms with Crippen LogP contribution in [-0.4, -0.2) is 18.1 Å². The van der Waals surface area contributed by atoms with Gasteiger partial charge in [0, 0.05) is 17.5 Å². The molecule has 1 amide bonds. The quantitative estimate of drug-likeness (QED) is 0.672. The Morgan fingerprint density at radius 3 is 2.69 bits per heavy atom. The first kappa shape index (κ1) is 18.0. The summed E-state index contributed by atoms with van der Waals surface area (Å²) >= 11 is 0. The third-order valence-electron chi connectivity index (χ3n) is 4.84. The van der Waals surface area contributed by atoms with Crippen LogP contribution in [0.1, 0.15) is 44.1 Å². The number of ether oxygens (including phenoxy) is 1. The molecule has 6 heteroatoms. The van der Waals surface area contributed by atoms with Gasteiger partial charge in [-0.3, -0.25) is 4.79 Å². The molecule has 0 radical (unpaired) electrons. The predicted octanol–water partition coefficient (Wildman–Crippen LogP) is 3.21. The molecule has 6 nitrogen and oxygen atoms in total. The van der Waals surface area contributed by atoms with Gasteiger partial charge in [-0.15, -0.1) is 0 Å². The zero-order chi connectivity index (χ0) is 18.6. The molecule has 1 aromatic heterocycles. The molecule has 0 bridgehead atoms. The lowest BCUT2D eigenvalue weighted by molar-refractivity contribution is -0.124. The molecule has 0 atom stereocenters. The number of rotatable bonds is 4. The zero-order valence-electron chi connectivity index (χ0n) is 14.8. The van der Waals surface area contributed by atoms with Crippen molar-refractivity contribution in [3.8, 4) is 11.8 Å². The van der Waals surface area contributed by atoms with Crippen LogP contribution in [0.4, 0.5) is 0 Å². The minimum Gasteiger partial charge on any atom is -0.484 e. The molecule has 1 heterocycles. The average molecular weight is 354 g/mol. The Kier molecular flexibility index (Phi) is 5.27. The highest BCUT2D eigenvalue weighted by Crippen LogP contribution is 2.27. The zero-order valence-corrected chi connectivity index (χ0v) is 14.8. The third-order valence-corrected chi connectivity index (χ3v) is 4.84. The van der Waals surface area contributed by atoms with E-state index in [0.29, 0.717) is 24.2 Å². The topological polar surface area (TPSA) is 92.3 Å². The number of benzene rings is 1. The Morgan fingerprint density at radius 1 is 1.27 bits per heavy atom. The molecule has 1 aromatic carbocycles. The normalized spacial score (nSPS) is 16.5. The fourth-order valence-corrected chi connectivity index (χ4v) is 3.44. The summed E-state index contributed by atoms with van der Waals surface area (Å²) in [5.74, 6) is 0.118. The number of nitrogens with zero attached hydrogens (tertiary/aromatic N) is 1. The van der Waals surface area contributed by atoms with Crippen LogP contribution < -0.4 is 15.7 Å². The Balaban J connectivity index is 1.66. The van der Waals surface area contributed by atoms with Gasteiger partial charge in [0.05, 0.1) is 6.07 Å². The maximum Gasteiger partial charge on any atom is 0.336 e. The summed E-state index contributed by atoms with van der Waals surface area (Å²) < 4.78 is 10.7. The van der Waals surface area contributed by atoms with Gasteiger partial charge in [0.15, 0.2) is 6.61 Å². The van der Waals surface area contributed by atoms with Gasteiger partial charge in [-0.25, -0.2) is 4.79 Å². The average Bonchev–Trinajstić information content (AvgIpc) is 2.85. The highest BCUT2D eigenvalue weighted by Gasteiger charge is 2.32. The fraction of sp³-hybridized carbons (Fsp3) is 0.450. The SMILES string of the molecule is Cc1cc(=O)oc2cc(OCC(=O)NC3(C#N)CCCCCC3)ccc12. The number of hydrogen-bond donors (Lipinski definition) is 1. The molecule has 1 N–H and O–H groups in total. The molecule has 2 aromatic rings. The summed E-state index contributed by atoms with van der Waals surface area (Å²) in [7, 11) is 0. The molecule has 3 rings (SSSR count). The molecular formula is C20H22N2O4. The number of hydrogen-bond acceptors (Lipinski definition) is 5. The lowest BCUT2D eigenvalue weighted by Gasteiger charge is -2.26. The van der Waals surface area contributed by atoms with Crippen molar-refractivity contribution in [1.29, 1.82) is 5.26 Å². The first-order chi connectivity index (χ1) is 12.5. The van der Waals surface area contributed by atoms with Crippen molar-refractivity contribution in [2.24, 2.45) is 0 Å². The fourth-order valence-electron chi connectivity index (χ4n) is 3.44. The summed E-state index contributed by atoms with van der Waals surface area (Å²) in [4.78, 5) is 23.8. The van der Waals surface area contributed by atoms with Crippen molar-refractivity contribution in [3.05, 3.63) is 40.2 Å². The van der Waals surface area contributed by atoms with Crippen molar-refractivity contribution < 1.29 is 13.9 Å². The maximum atomic E-state index is 12.3. The Hall–Kier alpha value is -2.81. The number of carbonyl (C=O) groups excluding carboxylic acids is 1. The van der Waals surface area contributed by atoms with E-state index < -0.39 is 11.2 Å². The second-order valence-electron chi connectivity index (χ2n) is 6.85. The molecule has 0 unspecified atom stereocenters. The summed E-state index contributed by atoms with van der Waals surface area (Å²) in [6.45, 7) is 1.65. The van der Waals surface area contributed by atoms with Crippen LogP contribution in [0.5, 0.6) is 5.75 Å². The number of amides is 1. The Bertz CT molecular complexity index is 902. The van der Waals surface area contributed by atoms with E-state index in [1.807, 2.05) is 6.92 Å². The van der Waals surface area contributed by atoms with Gasteiger partial charge >= 0.3 is 5.63 Å². The molecule has 1 saturated carbocycles. The Labute approximate surface area is 151 Å². The van der Waals surface area contributed by atoms with Crippen LogP contribution in [0.2, 0.25) is 0 Å². The molecule has 0 saturated heterocycles. The van der Waals surface area contributed by atoms with E-state index in [2.05, 4.69) is 11.4 Å². The van der Waals surface area contributed by atoms with Crippen LogP contribution >= 0.6 is 0 Å². The van der Waals surface area contributed by atoms with Gasteiger partial charge in [0.25, 0.3) is 5.91 Å². The van der Waals surface area contributed by atoms with Crippen molar-refractivity contribution >= 4 is 16.9 Å². The van der Waals surface area contributed by atoms with E-state index in [1.54, 1.807) is 18.2 Å². The van der Waals surface area contributed by atoms with Crippen LogP contribution in [0.15, 0.2) is 33.5 Å². The van der Waals surface area contributed by atoms with Crippen LogP contribution in [0.25, 0.3) is 11.0 Å². The van der Waals surface area contributed by atoms with E-state index >= 15 is 0 Å². The van der Waals surface area contributed by atoms with Gasteiger partial charge in [-0.1, -0.05) is 25.7 Å². The summed E-state index contributed by atoms with van der Waals surface area (Å²) in [6.07, 6.45) is 5.43. The van der Waals surface area contributed by atoms with Crippen molar-refractivity contribution in [2.45, 2.75) is 51.0 Å². The molecule has 0 spiro atoms. The molecule has 0 aliphatic heterocycles. The molecule has 26 heavy (non-hydrogen) atoms. The lowest BCUT2D eigenvalue weighted by atomic mass is 9.92. The standard InChI is InChI=1S/C20H22N2O4/c1-14-10-19(24)26-17-11-15(6-7-16(14)17)25-12-18(23)22-20(13-21)8-4-2-3-5-9-20/h6-7,10-11H,2-5,8-9,12H2,1H3,(H,22,23). The largest absolute Gasteiger partial charge is 0.484 e. The Morgan fingerprint density at radius 2 is 2.00 bits per heavy atom. The third kappa shape index (κ3) is 4.05. The monoisotopic (exact) mass is 354 g/mol. The highest BCUT2D eigenvalue weighted by atomic mass is 16.5. The van der Waals surface area contributed by atoms with Crippen molar-refractivity contribution in [1.82, 2.24) is 5.32 Å². The van der Waals surface area contributed by atoms with E-state index in [1.165, 1.54) is 6.07 Å². The van der Waals surface area contributed by atoms with Gasteiger partial charge in [-0.2, -0.15) is 5.26 Å². The molecule has 1 aliphatic carbocycles.